The van der Waals surface area contributed by atoms with E-state index in [-0.39, 0.29) is 11.5 Å². The van der Waals surface area contributed by atoms with E-state index in [1.807, 2.05) is 0 Å². The van der Waals surface area contributed by atoms with Crippen LogP contribution < -0.4 is 0 Å². The predicted molar refractivity (Wildman–Crippen MR) is 51.4 cm³/mol. The topological polar surface area (TPSA) is 66.8 Å². The Balaban J connectivity index is 4.74. The number of carbonyl (C=O) groups excluding carboxylic acids is 1. The summed E-state index contributed by atoms with van der Waals surface area (Å²) >= 11 is 0. The lowest BCUT2D eigenvalue weighted by Crippen LogP contribution is -2.48. The average molecular weight is 255 g/mol. The molecule has 98 valence electrons. The minimum Gasteiger partial charge on any atom is -0.481 e. The molecule has 17 heavy (non-hydrogen) atoms. The van der Waals surface area contributed by atoms with Crippen molar-refractivity contribution in [1.82, 2.24) is 4.90 Å². The van der Waals surface area contributed by atoms with Crippen molar-refractivity contribution in [2.75, 3.05) is 13.7 Å². The molecule has 0 fully saturated rings. The lowest BCUT2D eigenvalue weighted by atomic mass is 10.2. The van der Waals surface area contributed by atoms with Crippen LogP contribution in [0.15, 0.2) is 12.7 Å². The van der Waals surface area contributed by atoms with Crippen molar-refractivity contribution < 1.29 is 32.6 Å². The summed E-state index contributed by atoms with van der Waals surface area (Å²) in [6.45, 7) is 2.97. The number of rotatable bonds is 5. The number of nitrogens with zero attached hydrogens (tertiary/aromatic N) is 1. The Morgan fingerprint density at radius 1 is 1.53 bits per heavy atom. The first-order chi connectivity index (χ1) is 7.70. The van der Waals surface area contributed by atoms with Crippen LogP contribution >= 0.6 is 0 Å². The summed E-state index contributed by atoms with van der Waals surface area (Å²) in [6.07, 6.45) is -6.14. The maximum Gasteiger partial charge on any atom is 0.410 e. The van der Waals surface area contributed by atoms with Gasteiger partial charge in [0.1, 0.15) is 12.6 Å². The molecule has 5 nitrogen and oxygen atoms in total. The average Bonchev–Trinajstić information content (AvgIpc) is 2.19. The maximum atomic E-state index is 12.5. The number of carboxylic acids is 1. The molecule has 0 aromatic carbocycles. The molecule has 0 saturated heterocycles. The van der Waals surface area contributed by atoms with Crippen LogP contribution in [0, 0.1) is 0 Å². The Bertz CT molecular complexity index is 303. The third kappa shape index (κ3) is 5.23. The molecule has 1 N–H and O–H groups in total. The zero-order valence-corrected chi connectivity index (χ0v) is 9.03. The van der Waals surface area contributed by atoms with Gasteiger partial charge in [-0.15, -0.1) is 0 Å². The minimum atomic E-state index is -4.83. The molecule has 0 radical (unpaired) electrons. The van der Waals surface area contributed by atoms with Crippen molar-refractivity contribution in [3.05, 3.63) is 12.7 Å². The summed E-state index contributed by atoms with van der Waals surface area (Å²) in [5, 5.41) is 8.36. The van der Waals surface area contributed by atoms with Crippen LogP contribution in [0.2, 0.25) is 0 Å². The highest BCUT2D eigenvalue weighted by Gasteiger charge is 2.45. The Morgan fingerprint density at radius 3 is 2.41 bits per heavy atom. The van der Waals surface area contributed by atoms with Crippen molar-refractivity contribution in [1.29, 1.82) is 0 Å². The van der Waals surface area contributed by atoms with Crippen LogP contribution in [-0.4, -0.2) is 47.9 Å². The van der Waals surface area contributed by atoms with Crippen LogP contribution in [0.25, 0.3) is 0 Å². The van der Waals surface area contributed by atoms with Crippen molar-refractivity contribution in [2.45, 2.75) is 18.6 Å². The second-order valence-corrected chi connectivity index (χ2v) is 3.13. The van der Waals surface area contributed by atoms with Crippen LogP contribution in [0.4, 0.5) is 18.0 Å². The molecule has 1 atom stereocenters. The number of hydrogen-bond donors (Lipinski definition) is 1. The van der Waals surface area contributed by atoms with Gasteiger partial charge >= 0.3 is 18.2 Å². The summed E-state index contributed by atoms with van der Waals surface area (Å²) < 4.78 is 41.8. The maximum absolute atomic E-state index is 12.5. The van der Waals surface area contributed by atoms with Gasteiger partial charge in [-0.2, -0.15) is 13.2 Å². The molecular formula is C9H12F3NO4. The summed E-state index contributed by atoms with van der Waals surface area (Å²) in [7, 11) is 0.826. The van der Waals surface area contributed by atoms with Gasteiger partial charge in [-0.1, -0.05) is 12.7 Å². The smallest absolute Gasteiger partial charge is 0.410 e. The standard InChI is InChI=1S/C9H12F3NO4/c1-3-4-17-8(16)13(2)6(5-7(14)15)9(10,11)12/h3,6H,1,4-5H2,2H3,(H,14,15). The minimum absolute atomic E-state index is 0.206. The van der Waals surface area contributed by atoms with Gasteiger partial charge in [0.2, 0.25) is 0 Å². The van der Waals surface area contributed by atoms with E-state index in [1.54, 1.807) is 0 Å². The third-order valence-corrected chi connectivity index (χ3v) is 1.83. The highest BCUT2D eigenvalue weighted by Crippen LogP contribution is 2.26. The lowest BCUT2D eigenvalue weighted by Gasteiger charge is -2.27. The molecule has 0 bridgehead atoms. The summed E-state index contributed by atoms with van der Waals surface area (Å²) in [5.74, 6) is -1.66. The van der Waals surface area contributed by atoms with E-state index in [0.29, 0.717) is 0 Å². The lowest BCUT2D eigenvalue weighted by molar-refractivity contribution is -0.183. The van der Waals surface area contributed by atoms with Gasteiger partial charge in [-0.05, 0) is 0 Å². The fourth-order valence-electron chi connectivity index (χ4n) is 0.997. The van der Waals surface area contributed by atoms with Gasteiger partial charge in [0.25, 0.3) is 0 Å². The van der Waals surface area contributed by atoms with Crippen LogP contribution in [0.3, 0.4) is 0 Å². The van der Waals surface area contributed by atoms with Gasteiger partial charge in [0, 0.05) is 7.05 Å². The molecule has 0 aliphatic heterocycles. The van der Waals surface area contributed by atoms with E-state index in [4.69, 9.17) is 5.11 Å². The first-order valence-electron chi connectivity index (χ1n) is 4.49. The molecule has 0 aromatic heterocycles. The number of hydrogen-bond acceptors (Lipinski definition) is 3. The number of carbonyl (C=O) groups is 2. The molecule has 1 amide bonds. The summed E-state index contributed by atoms with van der Waals surface area (Å²) in [5.41, 5.74) is 0. The largest absolute Gasteiger partial charge is 0.481 e. The van der Waals surface area contributed by atoms with E-state index in [2.05, 4.69) is 11.3 Å². The molecule has 0 spiro atoms. The molecule has 0 aliphatic rings. The molecule has 0 aliphatic carbocycles. The molecule has 0 heterocycles. The molecule has 1 unspecified atom stereocenters. The van der Waals surface area contributed by atoms with E-state index in [9.17, 15) is 22.8 Å². The SMILES string of the molecule is C=CCOC(=O)N(C)C(CC(=O)O)C(F)(F)F. The van der Waals surface area contributed by atoms with Crippen LogP contribution in [0.1, 0.15) is 6.42 Å². The van der Waals surface area contributed by atoms with Gasteiger partial charge in [-0.3, -0.25) is 9.69 Å². The first kappa shape index (κ1) is 15.3. The van der Waals surface area contributed by atoms with Gasteiger partial charge < -0.3 is 9.84 Å². The summed E-state index contributed by atoms with van der Waals surface area (Å²) in [4.78, 5) is 21.6. The number of halogens is 3. The fourth-order valence-corrected chi connectivity index (χ4v) is 0.997. The van der Waals surface area contributed by atoms with E-state index in [0.717, 1.165) is 7.05 Å². The molecular weight excluding hydrogens is 243 g/mol. The quantitative estimate of drug-likeness (QED) is 0.758. The molecule has 0 rings (SSSR count). The zero-order chi connectivity index (χ0) is 13.6. The van der Waals surface area contributed by atoms with Crippen molar-refractivity contribution >= 4 is 12.1 Å². The van der Waals surface area contributed by atoms with Gasteiger partial charge in [-0.25, -0.2) is 4.79 Å². The zero-order valence-electron chi connectivity index (χ0n) is 9.03. The van der Waals surface area contributed by atoms with Gasteiger partial charge in [0.05, 0.1) is 6.42 Å². The van der Waals surface area contributed by atoms with E-state index in [1.165, 1.54) is 6.08 Å². The summed E-state index contributed by atoms with van der Waals surface area (Å²) in [6, 6.07) is -2.42. The number of alkyl halides is 3. The monoisotopic (exact) mass is 255 g/mol. The predicted octanol–water partition coefficient (Wildman–Crippen LogP) is 1.65. The van der Waals surface area contributed by atoms with Crippen molar-refractivity contribution in [2.24, 2.45) is 0 Å². The van der Waals surface area contributed by atoms with E-state index < -0.39 is 30.7 Å². The van der Waals surface area contributed by atoms with Crippen molar-refractivity contribution in [3.63, 3.8) is 0 Å². The molecule has 0 aromatic rings. The number of amides is 1. The number of aliphatic carboxylic acids is 1. The highest BCUT2D eigenvalue weighted by molar-refractivity contribution is 5.71. The Kier molecular flexibility index (Phi) is 5.49. The number of ether oxygens (including phenoxy) is 1. The van der Waals surface area contributed by atoms with Crippen LogP contribution in [-0.2, 0) is 9.53 Å². The first-order valence-corrected chi connectivity index (χ1v) is 4.49. The second kappa shape index (κ2) is 6.12. The molecule has 0 saturated carbocycles. The third-order valence-electron chi connectivity index (χ3n) is 1.83. The molecule has 8 heteroatoms. The number of carboxylic acid groups (broad SMARTS) is 1. The fraction of sp³-hybridized carbons (Fsp3) is 0.556. The van der Waals surface area contributed by atoms with Crippen LogP contribution in [0.5, 0.6) is 0 Å². The Labute approximate surface area is 95.5 Å². The van der Waals surface area contributed by atoms with Gasteiger partial charge in [0.15, 0.2) is 0 Å². The Morgan fingerprint density at radius 2 is 2.06 bits per heavy atom. The Hall–Kier alpha value is -1.73. The highest BCUT2D eigenvalue weighted by atomic mass is 19.4. The van der Waals surface area contributed by atoms with E-state index >= 15 is 0 Å². The normalized spacial score (nSPS) is 12.7. The van der Waals surface area contributed by atoms with Crippen molar-refractivity contribution in [3.8, 4) is 0 Å². The second-order valence-electron chi connectivity index (χ2n) is 3.13.